The predicted octanol–water partition coefficient (Wildman–Crippen LogP) is 0.775. The first-order valence-electron chi connectivity index (χ1n) is 5.47. The van der Waals surface area contributed by atoms with Crippen LogP contribution in [0.4, 0.5) is 5.82 Å². The van der Waals surface area contributed by atoms with Crippen LogP contribution < -0.4 is 10.2 Å². The Morgan fingerprint density at radius 2 is 2.31 bits per heavy atom. The number of hydrogen-bond acceptors (Lipinski definition) is 4. The molecule has 86 valence electrons. The molecule has 5 heteroatoms. The van der Waals surface area contributed by atoms with Gasteiger partial charge in [-0.3, -0.25) is 0 Å². The molecule has 0 saturated heterocycles. The van der Waals surface area contributed by atoms with E-state index in [1.165, 1.54) is 0 Å². The number of fused-ring (bicyclic) bond motifs is 1. The third-order valence-corrected chi connectivity index (χ3v) is 2.55. The lowest BCUT2D eigenvalue weighted by atomic mass is 10.4. The standard InChI is InChI=1S/C11H17N5/c1-12-6-3-8-15(2)10-5-9-16-11(14-10)4-7-13-16/h4-5,7,9,12H,3,6,8H2,1-2H3. The van der Waals surface area contributed by atoms with Crippen molar-refractivity contribution in [3.63, 3.8) is 0 Å². The monoisotopic (exact) mass is 219 g/mol. The van der Waals surface area contributed by atoms with E-state index in [9.17, 15) is 0 Å². The SMILES string of the molecule is CNCCCN(C)c1ccn2nccc2n1. The van der Waals surface area contributed by atoms with Gasteiger partial charge in [-0.1, -0.05) is 0 Å². The van der Waals surface area contributed by atoms with Crippen LogP contribution in [0.25, 0.3) is 5.65 Å². The molecule has 0 aliphatic heterocycles. The molecule has 16 heavy (non-hydrogen) atoms. The molecule has 0 aliphatic carbocycles. The fourth-order valence-corrected chi connectivity index (χ4v) is 1.62. The van der Waals surface area contributed by atoms with Crippen molar-refractivity contribution in [1.82, 2.24) is 19.9 Å². The molecule has 2 heterocycles. The Morgan fingerprint density at radius 1 is 1.44 bits per heavy atom. The minimum absolute atomic E-state index is 0.887. The minimum atomic E-state index is 0.887. The van der Waals surface area contributed by atoms with Gasteiger partial charge in [-0.25, -0.2) is 9.50 Å². The van der Waals surface area contributed by atoms with Gasteiger partial charge in [0.25, 0.3) is 0 Å². The summed E-state index contributed by atoms with van der Waals surface area (Å²) in [5, 5.41) is 7.26. The van der Waals surface area contributed by atoms with Crippen molar-refractivity contribution < 1.29 is 0 Å². The Morgan fingerprint density at radius 3 is 3.12 bits per heavy atom. The Bertz CT molecular complexity index is 450. The van der Waals surface area contributed by atoms with Crippen LogP contribution in [0.15, 0.2) is 24.5 Å². The highest BCUT2D eigenvalue weighted by atomic mass is 15.3. The molecule has 0 amide bonds. The van der Waals surface area contributed by atoms with Crippen LogP contribution in [-0.2, 0) is 0 Å². The molecule has 2 rings (SSSR count). The number of hydrogen-bond donors (Lipinski definition) is 1. The van der Waals surface area contributed by atoms with Gasteiger partial charge in [0.15, 0.2) is 5.65 Å². The van der Waals surface area contributed by atoms with E-state index in [1.807, 2.05) is 25.4 Å². The van der Waals surface area contributed by atoms with Gasteiger partial charge in [0, 0.05) is 25.9 Å². The lowest BCUT2D eigenvalue weighted by Gasteiger charge is -2.17. The smallest absolute Gasteiger partial charge is 0.157 e. The van der Waals surface area contributed by atoms with Gasteiger partial charge >= 0.3 is 0 Å². The summed E-state index contributed by atoms with van der Waals surface area (Å²) in [5.74, 6) is 0.990. The first-order chi connectivity index (χ1) is 7.81. The zero-order chi connectivity index (χ0) is 11.4. The summed E-state index contributed by atoms with van der Waals surface area (Å²) in [5.41, 5.74) is 0.887. The fourth-order valence-electron chi connectivity index (χ4n) is 1.62. The molecule has 2 aromatic heterocycles. The van der Waals surface area contributed by atoms with Crippen LogP contribution in [0.2, 0.25) is 0 Å². The molecule has 0 saturated carbocycles. The third kappa shape index (κ3) is 2.30. The average Bonchev–Trinajstić information content (AvgIpc) is 2.76. The van der Waals surface area contributed by atoms with Crippen molar-refractivity contribution in [2.24, 2.45) is 0 Å². The van der Waals surface area contributed by atoms with E-state index in [4.69, 9.17) is 0 Å². The summed E-state index contributed by atoms with van der Waals surface area (Å²) in [6.07, 6.45) is 4.80. The number of nitrogens with zero attached hydrogens (tertiary/aromatic N) is 4. The molecule has 5 nitrogen and oxygen atoms in total. The number of rotatable bonds is 5. The van der Waals surface area contributed by atoms with Gasteiger partial charge < -0.3 is 10.2 Å². The van der Waals surface area contributed by atoms with Crippen LogP contribution >= 0.6 is 0 Å². The molecule has 0 fully saturated rings. The second-order valence-corrected chi connectivity index (χ2v) is 3.80. The van der Waals surface area contributed by atoms with Gasteiger partial charge in [0.2, 0.25) is 0 Å². The molecule has 0 aromatic carbocycles. The maximum atomic E-state index is 4.52. The zero-order valence-corrected chi connectivity index (χ0v) is 9.72. The largest absolute Gasteiger partial charge is 0.360 e. The van der Waals surface area contributed by atoms with Gasteiger partial charge in [-0.05, 0) is 26.1 Å². The van der Waals surface area contributed by atoms with E-state index >= 15 is 0 Å². The summed E-state index contributed by atoms with van der Waals surface area (Å²) in [6.45, 7) is 2.03. The lowest BCUT2D eigenvalue weighted by Crippen LogP contribution is -2.23. The number of nitrogens with one attached hydrogen (secondary N) is 1. The highest BCUT2D eigenvalue weighted by Crippen LogP contribution is 2.10. The normalized spacial score (nSPS) is 10.9. The second-order valence-electron chi connectivity index (χ2n) is 3.80. The van der Waals surface area contributed by atoms with Crippen LogP contribution in [0.1, 0.15) is 6.42 Å². The molecular formula is C11H17N5. The van der Waals surface area contributed by atoms with Crippen molar-refractivity contribution in [3.05, 3.63) is 24.5 Å². The van der Waals surface area contributed by atoms with E-state index in [0.717, 1.165) is 31.0 Å². The molecule has 0 aliphatic rings. The molecule has 0 atom stereocenters. The molecule has 0 spiro atoms. The van der Waals surface area contributed by atoms with Crippen LogP contribution in [0.3, 0.4) is 0 Å². The highest BCUT2D eigenvalue weighted by Gasteiger charge is 2.03. The molecular weight excluding hydrogens is 202 g/mol. The highest BCUT2D eigenvalue weighted by molar-refractivity contribution is 5.46. The molecule has 2 aromatic rings. The van der Waals surface area contributed by atoms with E-state index in [0.29, 0.717) is 0 Å². The van der Waals surface area contributed by atoms with E-state index < -0.39 is 0 Å². The van der Waals surface area contributed by atoms with E-state index in [2.05, 4.69) is 27.3 Å². The van der Waals surface area contributed by atoms with Crippen molar-refractivity contribution in [2.45, 2.75) is 6.42 Å². The molecule has 1 N–H and O–H groups in total. The first kappa shape index (κ1) is 10.9. The first-order valence-corrected chi connectivity index (χ1v) is 5.47. The number of anilines is 1. The molecule has 0 unspecified atom stereocenters. The van der Waals surface area contributed by atoms with Gasteiger partial charge in [0.1, 0.15) is 5.82 Å². The van der Waals surface area contributed by atoms with Crippen molar-refractivity contribution in [2.75, 3.05) is 32.1 Å². The van der Waals surface area contributed by atoms with Gasteiger partial charge in [-0.15, -0.1) is 0 Å². The van der Waals surface area contributed by atoms with Crippen molar-refractivity contribution >= 4 is 11.5 Å². The Balaban J connectivity index is 2.07. The fraction of sp³-hybridized carbons (Fsp3) is 0.455. The van der Waals surface area contributed by atoms with Crippen LogP contribution in [0.5, 0.6) is 0 Å². The summed E-state index contributed by atoms with van der Waals surface area (Å²) in [4.78, 5) is 6.68. The summed E-state index contributed by atoms with van der Waals surface area (Å²) < 4.78 is 1.77. The summed E-state index contributed by atoms with van der Waals surface area (Å²) >= 11 is 0. The summed E-state index contributed by atoms with van der Waals surface area (Å²) in [6, 6.07) is 3.89. The van der Waals surface area contributed by atoms with Gasteiger partial charge in [0.05, 0.1) is 6.20 Å². The third-order valence-electron chi connectivity index (χ3n) is 2.55. The predicted molar refractivity (Wildman–Crippen MR) is 64.8 cm³/mol. The topological polar surface area (TPSA) is 45.5 Å². The lowest BCUT2D eigenvalue weighted by molar-refractivity contribution is 0.708. The average molecular weight is 219 g/mol. The second kappa shape index (κ2) is 4.94. The Hall–Kier alpha value is -1.62. The summed E-state index contributed by atoms with van der Waals surface area (Å²) in [7, 11) is 4.03. The van der Waals surface area contributed by atoms with Crippen LogP contribution in [0, 0.1) is 0 Å². The zero-order valence-electron chi connectivity index (χ0n) is 9.72. The minimum Gasteiger partial charge on any atom is -0.360 e. The van der Waals surface area contributed by atoms with E-state index in [1.54, 1.807) is 10.7 Å². The van der Waals surface area contributed by atoms with Crippen LogP contribution in [-0.4, -0.2) is 41.8 Å². The van der Waals surface area contributed by atoms with Crippen molar-refractivity contribution in [1.29, 1.82) is 0 Å². The maximum absolute atomic E-state index is 4.52. The number of aromatic nitrogens is 3. The van der Waals surface area contributed by atoms with Gasteiger partial charge in [-0.2, -0.15) is 5.10 Å². The molecule has 0 radical (unpaired) electrons. The maximum Gasteiger partial charge on any atom is 0.157 e. The van der Waals surface area contributed by atoms with Crippen molar-refractivity contribution in [3.8, 4) is 0 Å². The Labute approximate surface area is 95.1 Å². The molecule has 0 bridgehead atoms. The Kier molecular flexibility index (Phi) is 3.36. The quantitative estimate of drug-likeness (QED) is 0.755. The van der Waals surface area contributed by atoms with E-state index in [-0.39, 0.29) is 0 Å².